The summed E-state index contributed by atoms with van der Waals surface area (Å²) in [6.45, 7) is 6.56. The first-order valence-electron chi connectivity index (χ1n) is 5.11. The van der Waals surface area contributed by atoms with Crippen LogP contribution in [0.25, 0.3) is 0 Å². The molecule has 0 aromatic carbocycles. The number of hydrogen-bond acceptors (Lipinski definition) is 2. The standard InChI is InChI=1S/C11H18N2/c1-8(2)13-11-4-3-9-6-12-7-10(9)5-11/h3-4,8,11-13H,5-7H2,1-2H3. The molecule has 72 valence electrons. The van der Waals surface area contributed by atoms with Crippen molar-refractivity contribution in [1.82, 2.24) is 10.6 Å². The number of nitrogens with one attached hydrogen (secondary N) is 2. The van der Waals surface area contributed by atoms with Gasteiger partial charge in [0, 0.05) is 25.2 Å². The van der Waals surface area contributed by atoms with Crippen LogP contribution in [0.3, 0.4) is 0 Å². The summed E-state index contributed by atoms with van der Waals surface area (Å²) < 4.78 is 0. The van der Waals surface area contributed by atoms with Crippen molar-refractivity contribution in [3.8, 4) is 0 Å². The molecule has 1 heterocycles. The van der Waals surface area contributed by atoms with Gasteiger partial charge in [-0.25, -0.2) is 0 Å². The monoisotopic (exact) mass is 178 g/mol. The Morgan fingerprint density at radius 2 is 2.31 bits per heavy atom. The van der Waals surface area contributed by atoms with E-state index in [1.54, 1.807) is 5.57 Å². The summed E-state index contributed by atoms with van der Waals surface area (Å²) in [5.41, 5.74) is 3.11. The molecule has 0 radical (unpaired) electrons. The lowest BCUT2D eigenvalue weighted by Crippen LogP contribution is -2.34. The van der Waals surface area contributed by atoms with Crippen molar-refractivity contribution in [3.63, 3.8) is 0 Å². The summed E-state index contributed by atoms with van der Waals surface area (Å²) in [6, 6.07) is 1.13. The molecule has 0 aromatic rings. The molecule has 1 unspecified atom stereocenters. The molecule has 0 saturated carbocycles. The Hall–Kier alpha value is -0.600. The fourth-order valence-corrected chi connectivity index (χ4v) is 2.08. The molecule has 0 spiro atoms. The third kappa shape index (κ3) is 2.01. The van der Waals surface area contributed by atoms with E-state index in [-0.39, 0.29) is 0 Å². The van der Waals surface area contributed by atoms with Gasteiger partial charge in [-0.1, -0.05) is 31.6 Å². The Balaban J connectivity index is 1.97. The molecule has 0 amide bonds. The van der Waals surface area contributed by atoms with Crippen molar-refractivity contribution >= 4 is 0 Å². The van der Waals surface area contributed by atoms with Crippen molar-refractivity contribution < 1.29 is 0 Å². The topological polar surface area (TPSA) is 24.1 Å². The van der Waals surface area contributed by atoms with E-state index < -0.39 is 0 Å². The molecule has 2 rings (SSSR count). The summed E-state index contributed by atoms with van der Waals surface area (Å²) in [6.07, 6.45) is 5.77. The van der Waals surface area contributed by atoms with Crippen molar-refractivity contribution in [2.45, 2.75) is 32.4 Å². The van der Waals surface area contributed by atoms with Gasteiger partial charge in [-0.3, -0.25) is 0 Å². The summed E-state index contributed by atoms with van der Waals surface area (Å²) >= 11 is 0. The van der Waals surface area contributed by atoms with Crippen molar-refractivity contribution in [2.75, 3.05) is 13.1 Å². The highest BCUT2D eigenvalue weighted by Crippen LogP contribution is 2.22. The van der Waals surface area contributed by atoms with Crippen LogP contribution in [0.2, 0.25) is 0 Å². The Morgan fingerprint density at radius 3 is 3.08 bits per heavy atom. The maximum Gasteiger partial charge on any atom is 0.0293 e. The fourth-order valence-electron chi connectivity index (χ4n) is 2.08. The Bertz CT molecular complexity index is 251. The molecule has 0 aromatic heterocycles. The van der Waals surface area contributed by atoms with Gasteiger partial charge < -0.3 is 10.6 Å². The predicted molar refractivity (Wildman–Crippen MR) is 55.7 cm³/mol. The largest absolute Gasteiger partial charge is 0.309 e. The normalized spacial score (nSPS) is 27.2. The lowest BCUT2D eigenvalue weighted by Gasteiger charge is -2.21. The summed E-state index contributed by atoms with van der Waals surface area (Å²) in [5.74, 6) is 0. The molecule has 2 nitrogen and oxygen atoms in total. The Morgan fingerprint density at radius 1 is 1.46 bits per heavy atom. The minimum Gasteiger partial charge on any atom is -0.309 e. The highest BCUT2D eigenvalue weighted by molar-refractivity contribution is 5.37. The van der Waals surface area contributed by atoms with Gasteiger partial charge in [0.2, 0.25) is 0 Å². The van der Waals surface area contributed by atoms with Crippen LogP contribution in [0, 0.1) is 0 Å². The van der Waals surface area contributed by atoms with Crippen LogP contribution < -0.4 is 10.6 Å². The zero-order valence-corrected chi connectivity index (χ0v) is 8.43. The van der Waals surface area contributed by atoms with Crippen LogP contribution in [-0.2, 0) is 0 Å². The number of rotatable bonds is 2. The van der Waals surface area contributed by atoms with Crippen LogP contribution in [0.4, 0.5) is 0 Å². The fraction of sp³-hybridized carbons (Fsp3) is 0.636. The minimum atomic E-state index is 0.554. The quantitative estimate of drug-likeness (QED) is 0.664. The molecular formula is C11H18N2. The highest BCUT2D eigenvalue weighted by Gasteiger charge is 2.19. The van der Waals surface area contributed by atoms with Gasteiger partial charge in [0.15, 0.2) is 0 Å². The van der Waals surface area contributed by atoms with Gasteiger partial charge >= 0.3 is 0 Å². The summed E-state index contributed by atoms with van der Waals surface area (Å²) in [7, 11) is 0. The first-order valence-corrected chi connectivity index (χ1v) is 5.11. The molecule has 2 N–H and O–H groups in total. The third-order valence-electron chi connectivity index (χ3n) is 2.65. The van der Waals surface area contributed by atoms with Gasteiger partial charge in [-0.2, -0.15) is 0 Å². The smallest absolute Gasteiger partial charge is 0.0293 e. The Kier molecular flexibility index (Phi) is 2.51. The van der Waals surface area contributed by atoms with Crippen molar-refractivity contribution in [3.05, 3.63) is 23.3 Å². The molecular weight excluding hydrogens is 160 g/mol. The minimum absolute atomic E-state index is 0.554. The van der Waals surface area contributed by atoms with Crippen LogP contribution in [0.1, 0.15) is 20.3 Å². The van der Waals surface area contributed by atoms with Gasteiger partial charge in [0.05, 0.1) is 0 Å². The number of hydrogen-bond donors (Lipinski definition) is 2. The second kappa shape index (κ2) is 3.64. The molecule has 1 atom stereocenters. The SMILES string of the molecule is CC(C)NC1C=CC2=C(CNC2)C1. The molecule has 2 heteroatoms. The molecule has 0 bridgehead atoms. The van der Waals surface area contributed by atoms with Gasteiger partial charge in [-0.15, -0.1) is 0 Å². The lowest BCUT2D eigenvalue weighted by atomic mass is 9.96. The third-order valence-corrected chi connectivity index (χ3v) is 2.65. The van der Waals surface area contributed by atoms with Crippen LogP contribution in [-0.4, -0.2) is 25.2 Å². The lowest BCUT2D eigenvalue weighted by molar-refractivity contribution is 0.514. The van der Waals surface area contributed by atoms with Crippen LogP contribution in [0.15, 0.2) is 23.3 Å². The predicted octanol–water partition coefficient (Wildman–Crippen LogP) is 1.21. The van der Waals surface area contributed by atoms with Crippen LogP contribution in [0.5, 0.6) is 0 Å². The maximum absolute atomic E-state index is 3.55. The summed E-state index contributed by atoms with van der Waals surface area (Å²) in [4.78, 5) is 0. The van der Waals surface area contributed by atoms with Gasteiger partial charge in [0.1, 0.15) is 0 Å². The average molecular weight is 178 g/mol. The van der Waals surface area contributed by atoms with E-state index in [2.05, 4.69) is 36.6 Å². The molecule has 1 aliphatic heterocycles. The first kappa shape index (κ1) is 8.97. The van der Waals surface area contributed by atoms with E-state index in [0.29, 0.717) is 12.1 Å². The second-order valence-electron chi connectivity index (χ2n) is 4.22. The van der Waals surface area contributed by atoms with Crippen molar-refractivity contribution in [2.24, 2.45) is 0 Å². The van der Waals surface area contributed by atoms with E-state index >= 15 is 0 Å². The molecule has 0 saturated heterocycles. The maximum atomic E-state index is 3.55. The summed E-state index contributed by atoms with van der Waals surface area (Å²) in [5, 5.41) is 6.93. The van der Waals surface area contributed by atoms with E-state index in [0.717, 1.165) is 13.1 Å². The molecule has 2 aliphatic rings. The first-order chi connectivity index (χ1) is 6.25. The van der Waals surface area contributed by atoms with Gasteiger partial charge in [0.25, 0.3) is 0 Å². The van der Waals surface area contributed by atoms with Gasteiger partial charge in [-0.05, 0) is 12.0 Å². The molecule has 0 fully saturated rings. The zero-order chi connectivity index (χ0) is 9.26. The van der Waals surface area contributed by atoms with E-state index in [4.69, 9.17) is 0 Å². The van der Waals surface area contributed by atoms with E-state index in [1.807, 2.05) is 0 Å². The van der Waals surface area contributed by atoms with E-state index in [9.17, 15) is 0 Å². The van der Waals surface area contributed by atoms with Crippen molar-refractivity contribution in [1.29, 1.82) is 0 Å². The highest BCUT2D eigenvalue weighted by atomic mass is 14.9. The van der Waals surface area contributed by atoms with E-state index in [1.165, 1.54) is 12.0 Å². The second-order valence-corrected chi connectivity index (χ2v) is 4.22. The zero-order valence-electron chi connectivity index (χ0n) is 8.43. The molecule has 13 heavy (non-hydrogen) atoms. The Labute approximate surface area is 80.1 Å². The van der Waals surface area contributed by atoms with Crippen LogP contribution >= 0.6 is 0 Å². The molecule has 1 aliphatic carbocycles. The average Bonchev–Trinajstić information content (AvgIpc) is 2.49.